The Hall–Kier alpha value is -2.09. The van der Waals surface area contributed by atoms with Gasteiger partial charge in [0, 0.05) is 25.3 Å². The van der Waals surface area contributed by atoms with E-state index in [9.17, 15) is 8.42 Å². The van der Waals surface area contributed by atoms with Crippen molar-refractivity contribution in [3.05, 3.63) is 54.1 Å². The van der Waals surface area contributed by atoms with E-state index < -0.39 is 10.0 Å². The number of ether oxygens (including phenoxy) is 2. The zero-order valence-electron chi connectivity index (χ0n) is 14.8. The van der Waals surface area contributed by atoms with E-state index in [1.807, 2.05) is 19.1 Å². The van der Waals surface area contributed by atoms with Crippen molar-refractivity contribution in [2.45, 2.75) is 18.4 Å². The molecule has 1 N–H and O–H groups in total. The quantitative estimate of drug-likeness (QED) is 0.805. The molecule has 6 nitrogen and oxygen atoms in total. The number of nitrogens with zero attached hydrogens (tertiary/aromatic N) is 1. The molecule has 0 unspecified atom stereocenters. The smallest absolute Gasteiger partial charge is 0.261 e. The zero-order valence-corrected chi connectivity index (χ0v) is 15.7. The summed E-state index contributed by atoms with van der Waals surface area (Å²) >= 11 is 0. The van der Waals surface area contributed by atoms with E-state index in [-0.39, 0.29) is 4.90 Å². The van der Waals surface area contributed by atoms with Gasteiger partial charge in [-0.3, -0.25) is 9.62 Å². The highest BCUT2D eigenvalue weighted by Gasteiger charge is 2.15. The molecule has 1 heterocycles. The summed E-state index contributed by atoms with van der Waals surface area (Å²) in [7, 11) is -3.62. The van der Waals surface area contributed by atoms with Crippen molar-refractivity contribution in [2.24, 2.45) is 0 Å². The molecule has 0 radical (unpaired) electrons. The van der Waals surface area contributed by atoms with Crippen LogP contribution in [0.5, 0.6) is 5.75 Å². The first-order valence-corrected chi connectivity index (χ1v) is 10.2. The van der Waals surface area contributed by atoms with Gasteiger partial charge in [-0.05, 0) is 48.9 Å². The SMILES string of the molecule is CCOc1ccc(S(=O)(=O)Nc2ccc(CN3CCOCC3)cc2)cc1. The molecular weight excluding hydrogens is 352 g/mol. The summed E-state index contributed by atoms with van der Waals surface area (Å²) in [5.41, 5.74) is 1.69. The number of hydrogen-bond acceptors (Lipinski definition) is 5. The second-order valence-corrected chi connectivity index (χ2v) is 7.78. The third kappa shape index (κ3) is 4.97. The summed E-state index contributed by atoms with van der Waals surface area (Å²) in [5, 5.41) is 0. The summed E-state index contributed by atoms with van der Waals surface area (Å²) in [6.07, 6.45) is 0. The molecule has 140 valence electrons. The molecule has 0 atom stereocenters. The third-order valence-corrected chi connectivity index (χ3v) is 5.56. The van der Waals surface area contributed by atoms with Crippen LogP contribution in [0.4, 0.5) is 5.69 Å². The van der Waals surface area contributed by atoms with Gasteiger partial charge in [-0.15, -0.1) is 0 Å². The van der Waals surface area contributed by atoms with Crippen molar-refractivity contribution >= 4 is 15.7 Å². The topological polar surface area (TPSA) is 67.9 Å². The van der Waals surface area contributed by atoms with Gasteiger partial charge in [-0.25, -0.2) is 8.42 Å². The molecule has 0 bridgehead atoms. The first-order chi connectivity index (χ1) is 12.6. The minimum Gasteiger partial charge on any atom is -0.494 e. The fourth-order valence-electron chi connectivity index (χ4n) is 2.79. The summed E-state index contributed by atoms with van der Waals surface area (Å²) in [4.78, 5) is 2.53. The molecular formula is C19H24N2O4S. The van der Waals surface area contributed by atoms with Crippen LogP contribution in [0, 0.1) is 0 Å². The average molecular weight is 376 g/mol. The highest BCUT2D eigenvalue weighted by atomic mass is 32.2. The van der Waals surface area contributed by atoms with E-state index in [2.05, 4.69) is 9.62 Å². The van der Waals surface area contributed by atoms with Crippen LogP contribution in [0.1, 0.15) is 12.5 Å². The van der Waals surface area contributed by atoms with Crippen LogP contribution in [0.25, 0.3) is 0 Å². The number of nitrogens with one attached hydrogen (secondary N) is 1. The standard InChI is InChI=1S/C19H24N2O4S/c1-2-25-18-7-9-19(10-8-18)26(22,23)20-17-5-3-16(4-6-17)15-21-11-13-24-14-12-21/h3-10,20H,2,11-15H2,1H3. The molecule has 1 fully saturated rings. The Labute approximate surface area is 154 Å². The summed E-state index contributed by atoms with van der Waals surface area (Å²) in [6, 6.07) is 13.9. The van der Waals surface area contributed by atoms with Crippen molar-refractivity contribution in [3.63, 3.8) is 0 Å². The minimum absolute atomic E-state index is 0.207. The second kappa shape index (κ2) is 8.53. The van der Waals surface area contributed by atoms with Crippen molar-refractivity contribution in [3.8, 4) is 5.75 Å². The Bertz CT molecular complexity index is 798. The molecule has 2 aromatic rings. The number of anilines is 1. The van der Waals surface area contributed by atoms with Crippen molar-refractivity contribution in [1.29, 1.82) is 0 Å². The van der Waals surface area contributed by atoms with E-state index in [0.29, 0.717) is 18.0 Å². The van der Waals surface area contributed by atoms with E-state index in [1.54, 1.807) is 36.4 Å². The number of sulfonamides is 1. The first kappa shape index (κ1) is 18.7. The lowest BCUT2D eigenvalue weighted by Gasteiger charge is -2.26. The van der Waals surface area contributed by atoms with Crippen LogP contribution in [0.3, 0.4) is 0 Å². The van der Waals surface area contributed by atoms with Gasteiger partial charge in [0.2, 0.25) is 0 Å². The molecule has 0 saturated carbocycles. The van der Waals surface area contributed by atoms with Gasteiger partial charge in [-0.2, -0.15) is 0 Å². The zero-order chi connectivity index (χ0) is 18.4. The molecule has 1 saturated heterocycles. The monoisotopic (exact) mass is 376 g/mol. The fraction of sp³-hybridized carbons (Fsp3) is 0.368. The van der Waals surface area contributed by atoms with Crippen molar-refractivity contribution in [1.82, 2.24) is 4.90 Å². The molecule has 7 heteroatoms. The normalized spacial score (nSPS) is 15.6. The lowest BCUT2D eigenvalue weighted by molar-refractivity contribution is 0.0342. The molecule has 1 aliphatic heterocycles. The van der Waals surface area contributed by atoms with Crippen LogP contribution in [-0.4, -0.2) is 46.2 Å². The minimum atomic E-state index is -3.62. The molecule has 0 spiro atoms. The Morgan fingerprint density at radius 1 is 1.04 bits per heavy atom. The van der Waals surface area contributed by atoms with Crippen LogP contribution < -0.4 is 9.46 Å². The van der Waals surface area contributed by atoms with E-state index in [0.717, 1.165) is 38.4 Å². The molecule has 26 heavy (non-hydrogen) atoms. The van der Waals surface area contributed by atoms with Gasteiger partial charge >= 0.3 is 0 Å². The van der Waals surface area contributed by atoms with E-state index in [4.69, 9.17) is 9.47 Å². The Morgan fingerprint density at radius 3 is 2.31 bits per heavy atom. The average Bonchev–Trinajstić information content (AvgIpc) is 2.65. The van der Waals surface area contributed by atoms with Crippen LogP contribution >= 0.6 is 0 Å². The number of rotatable bonds is 7. The van der Waals surface area contributed by atoms with Crippen LogP contribution in [-0.2, 0) is 21.3 Å². The van der Waals surface area contributed by atoms with Gasteiger partial charge in [0.05, 0.1) is 24.7 Å². The largest absolute Gasteiger partial charge is 0.494 e. The Morgan fingerprint density at radius 2 is 1.69 bits per heavy atom. The molecule has 3 rings (SSSR count). The van der Waals surface area contributed by atoms with Crippen molar-refractivity contribution in [2.75, 3.05) is 37.6 Å². The highest BCUT2D eigenvalue weighted by molar-refractivity contribution is 7.92. The molecule has 0 aliphatic carbocycles. The number of morpholine rings is 1. The summed E-state index contributed by atoms with van der Waals surface area (Å²) in [5.74, 6) is 0.652. The highest BCUT2D eigenvalue weighted by Crippen LogP contribution is 2.20. The molecule has 0 aromatic heterocycles. The van der Waals surface area contributed by atoms with Gasteiger partial charge in [0.15, 0.2) is 0 Å². The predicted molar refractivity (Wildman–Crippen MR) is 101 cm³/mol. The Kier molecular flexibility index (Phi) is 6.13. The second-order valence-electron chi connectivity index (χ2n) is 6.10. The lowest BCUT2D eigenvalue weighted by atomic mass is 10.2. The maximum atomic E-state index is 12.5. The van der Waals surface area contributed by atoms with Crippen LogP contribution in [0.2, 0.25) is 0 Å². The molecule has 0 amide bonds. The number of benzene rings is 2. The number of hydrogen-bond donors (Lipinski definition) is 1. The van der Waals surface area contributed by atoms with E-state index >= 15 is 0 Å². The third-order valence-electron chi connectivity index (χ3n) is 4.16. The van der Waals surface area contributed by atoms with Gasteiger partial charge in [0.1, 0.15) is 5.75 Å². The van der Waals surface area contributed by atoms with Gasteiger partial charge < -0.3 is 9.47 Å². The van der Waals surface area contributed by atoms with Gasteiger partial charge in [0.25, 0.3) is 10.0 Å². The van der Waals surface area contributed by atoms with E-state index in [1.165, 1.54) is 0 Å². The van der Waals surface area contributed by atoms with Gasteiger partial charge in [-0.1, -0.05) is 12.1 Å². The maximum absolute atomic E-state index is 12.5. The summed E-state index contributed by atoms with van der Waals surface area (Å²) < 4.78 is 38.3. The predicted octanol–water partition coefficient (Wildman–Crippen LogP) is 2.72. The van der Waals surface area contributed by atoms with Crippen molar-refractivity contribution < 1.29 is 17.9 Å². The van der Waals surface area contributed by atoms with Crippen LogP contribution in [0.15, 0.2) is 53.4 Å². The summed E-state index contributed by atoms with van der Waals surface area (Å²) in [6.45, 7) is 6.64. The Balaban J connectivity index is 1.63. The lowest BCUT2D eigenvalue weighted by Crippen LogP contribution is -2.35. The maximum Gasteiger partial charge on any atom is 0.261 e. The first-order valence-electron chi connectivity index (χ1n) is 8.71. The molecule has 2 aromatic carbocycles. The molecule has 1 aliphatic rings. The fourth-order valence-corrected chi connectivity index (χ4v) is 3.85.